The molecular formula is C12H18N4O2. The number of carboxylic acids is 1. The van der Waals surface area contributed by atoms with Crippen LogP contribution < -0.4 is 10.6 Å². The third-order valence-electron chi connectivity index (χ3n) is 3.10. The van der Waals surface area contributed by atoms with Crippen LogP contribution in [0.4, 0.5) is 5.95 Å². The van der Waals surface area contributed by atoms with Gasteiger partial charge in [-0.3, -0.25) is 4.79 Å². The number of hydrogen-bond donors (Lipinski definition) is 2. The summed E-state index contributed by atoms with van der Waals surface area (Å²) in [6.07, 6.45) is 7.21. The summed E-state index contributed by atoms with van der Waals surface area (Å²) in [7, 11) is 0. The molecule has 6 nitrogen and oxygen atoms in total. The van der Waals surface area contributed by atoms with Crippen molar-refractivity contribution in [2.75, 3.05) is 18.0 Å². The Balaban J connectivity index is 1.98. The summed E-state index contributed by atoms with van der Waals surface area (Å²) in [6, 6.07) is -0.894. The second-order valence-electron chi connectivity index (χ2n) is 4.59. The van der Waals surface area contributed by atoms with Gasteiger partial charge in [0.15, 0.2) is 0 Å². The molecule has 2 rings (SSSR count). The Kier molecular flexibility index (Phi) is 4.09. The van der Waals surface area contributed by atoms with E-state index in [-0.39, 0.29) is 6.42 Å². The fraction of sp³-hybridized carbons (Fsp3) is 0.583. The van der Waals surface area contributed by atoms with Crippen molar-refractivity contribution in [1.82, 2.24) is 9.97 Å². The summed E-state index contributed by atoms with van der Waals surface area (Å²) in [5, 5.41) is 8.73. The zero-order chi connectivity index (χ0) is 13.0. The van der Waals surface area contributed by atoms with Crippen LogP contribution in [0.3, 0.4) is 0 Å². The van der Waals surface area contributed by atoms with E-state index in [9.17, 15) is 4.79 Å². The Bertz CT molecular complexity index is 401. The Morgan fingerprint density at radius 1 is 1.33 bits per heavy atom. The highest BCUT2D eigenvalue weighted by Gasteiger charge is 2.15. The molecule has 0 radical (unpaired) electrons. The molecule has 0 saturated carbocycles. The van der Waals surface area contributed by atoms with Gasteiger partial charge in [0.25, 0.3) is 0 Å². The highest BCUT2D eigenvalue weighted by Crippen LogP contribution is 2.15. The molecule has 1 aromatic rings. The van der Waals surface area contributed by atoms with Crippen molar-refractivity contribution in [2.24, 2.45) is 5.73 Å². The van der Waals surface area contributed by atoms with Gasteiger partial charge in [0.05, 0.1) is 0 Å². The molecule has 0 bridgehead atoms. The molecule has 2 heterocycles. The van der Waals surface area contributed by atoms with E-state index >= 15 is 0 Å². The third kappa shape index (κ3) is 3.16. The topological polar surface area (TPSA) is 92.3 Å². The summed E-state index contributed by atoms with van der Waals surface area (Å²) in [5.41, 5.74) is 6.22. The molecule has 0 aliphatic carbocycles. The maximum Gasteiger partial charge on any atom is 0.320 e. The minimum atomic E-state index is -1.00. The van der Waals surface area contributed by atoms with Crippen molar-refractivity contribution in [1.29, 1.82) is 0 Å². The Hall–Kier alpha value is -1.69. The average Bonchev–Trinajstić information content (AvgIpc) is 2.40. The molecule has 0 spiro atoms. The van der Waals surface area contributed by atoms with E-state index in [1.165, 1.54) is 19.3 Å². The van der Waals surface area contributed by atoms with Crippen LogP contribution in [-0.4, -0.2) is 40.2 Å². The molecule has 1 aliphatic heterocycles. The number of anilines is 1. The van der Waals surface area contributed by atoms with Gasteiger partial charge in [0, 0.05) is 31.9 Å². The van der Waals surface area contributed by atoms with Crippen molar-refractivity contribution in [3.8, 4) is 0 Å². The van der Waals surface area contributed by atoms with Crippen LogP contribution in [-0.2, 0) is 11.2 Å². The number of rotatable bonds is 4. The lowest BCUT2D eigenvalue weighted by atomic mass is 10.1. The second-order valence-corrected chi connectivity index (χ2v) is 4.59. The van der Waals surface area contributed by atoms with E-state index < -0.39 is 12.0 Å². The lowest BCUT2D eigenvalue weighted by Crippen LogP contribution is -2.33. The van der Waals surface area contributed by atoms with Crippen molar-refractivity contribution < 1.29 is 9.90 Å². The Labute approximate surface area is 106 Å². The molecule has 1 unspecified atom stereocenters. The van der Waals surface area contributed by atoms with E-state index in [0.29, 0.717) is 0 Å². The van der Waals surface area contributed by atoms with E-state index in [1.807, 2.05) is 0 Å². The van der Waals surface area contributed by atoms with Gasteiger partial charge in [-0.25, -0.2) is 9.97 Å². The van der Waals surface area contributed by atoms with Crippen LogP contribution in [0, 0.1) is 0 Å². The molecule has 0 amide bonds. The van der Waals surface area contributed by atoms with Crippen LogP contribution >= 0.6 is 0 Å². The molecule has 0 aromatic carbocycles. The smallest absolute Gasteiger partial charge is 0.320 e. The second kappa shape index (κ2) is 5.77. The first-order valence-electron chi connectivity index (χ1n) is 6.21. The normalized spacial score (nSPS) is 17.5. The molecule has 3 N–H and O–H groups in total. The number of aromatic nitrogens is 2. The zero-order valence-corrected chi connectivity index (χ0v) is 10.2. The molecule has 1 atom stereocenters. The van der Waals surface area contributed by atoms with Crippen LogP contribution in [0.2, 0.25) is 0 Å². The SMILES string of the molecule is NC(Cc1cnc(N2CCCCC2)nc1)C(=O)O. The van der Waals surface area contributed by atoms with E-state index in [4.69, 9.17) is 10.8 Å². The number of piperidine rings is 1. The highest BCUT2D eigenvalue weighted by atomic mass is 16.4. The molecule has 1 aliphatic rings. The van der Waals surface area contributed by atoms with Crippen molar-refractivity contribution in [3.05, 3.63) is 18.0 Å². The standard InChI is InChI=1S/C12H18N4O2/c13-10(11(17)18)6-9-7-14-12(15-8-9)16-4-2-1-3-5-16/h7-8,10H,1-6,13H2,(H,17,18). The summed E-state index contributed by atoms with van der Waals surface area (Å²) in [4.78, 5) is 21.4. The highest BCUT2D eigenvalue weighted by molar-refractivity contribution is 5.73. The van der Waals surface area contributed by atoms with Crippen molar-refractivity contribution >= 4 is 11.9 Å². The summed E-state index contributed by atoms with van der Waals surface area (Å²) < 4.78 is 0. The first-order chi connectivity index (χ1) is 8.66. The Morgan fingerprint density at radius 2 is 1.94 bits per heavy atom. The van der Waals surface area contributed by atoms with Crippen molar-refractivity contribution in [2.45, 2.75) is 31.7 Å². The van der Waals surface area contributed by atoms with Gasteiger partial charge in [-0.1, -0.05) is 0 Å². The minimum absolute atomic E-state index is 0.260. The molecule has 1 saturated heterocycles. The predicted octanol–water partition coefficient (Wildman–Crippen LogP) is 0.421. The first-order valence-corrected chi connectivity index (χ1v) is 6.21. The number of aliphatic carboxylic acids is 1. The molecule has 1 fully saturated rings. The lowest BCUT2D eigenvalue weighted by molar-refractivity contribution is -0.138. The molecular weight excluding hydrogens is 232 g/mol. The lowest BCUT2D eigenvalue weighted by Gasteiger charge is -2.26. The van der Waals surface area contributed by atoms with Gasteiger partial charge in [-0.2, -0.15) is 0 Å². The minimum Gasteiger partial charge on any atom is -0.480 e. The number of nitrogens with zero attached hydrogens (tertiary/aromatic N) is 3. The number of hydrogen-bond acceptors (Lipinski definition) is 5. The molecule has 6 heteroatoms. The molecule has 1 aromatic heterocycles. The average molecular weight is 250 g/mol. The zero-order valence-electron chi connectivity index (χ0n) is 10.2. The van der Waals surface area contributed by atoms with Gasteiger partial charge in [0.2, 0.25) is 5.95 Å². The molecule has 18 heavy (non-hydrogen) atoms. The maximum absolute atomic E-state index is 10.6. The summed E-state index contributed by atoms with van der Waals surface area (Å²) in [6.45, 7) is 1.99. The van der Waals surface area contributed by atoms with E-state index in [0.717, 1.165) is 24.6 Å². The van der Waals surface area contributed by atoms with Gasteiger partial charge in [-0.05, 0) is 24.8 Å². The fourth-order valence-corrected chi connectivity index (χ4v) is 2.05. The van der Waals surface area contributed by atoms with Crippen LogP contribution in [0.15, 0.2) is 12.4 Å². The number of carbonyl (C=O) groups is 1. The van der Waals surface area contributed by atoms with E-state index in [2.05, 4.69) is 14.9 Å². The first kappa shape index (κ1) is 12.8. The third-order valence-corrected chi connectivity index (χ3v) is 3.10. The van der Waals surface area contributed by atoms with Crippen LogP contribution in [0.25, 0.3) is 0 Å². The predicted molar refractivity (Wildman–Crippen MR) is 67.4 cm³/mol. The number of carboxylic acid groups (broad SMARTS) is 1. The fourth-order valence-electron chi connectivity index (χ4n) is 2.05. The van der Waals surface area contributed by atoms with E-state index in [1.54, 1.807) is 12.4 Å². The quantitative estimate of drug-likeness (QED) is 0.804. The van der Waals surface area contributed by atoms with Gasteiger partial charge < -0.3 is 15.7 Å². The monoisotopic (exact) mass is 250 g/mol. The summed E-state index contributed by atoms with van der Waals surface area (Å²) >= 11 is 0. The van der Waals surface area contributed by atoms with Gasteiger partial charge >= 0.3 is 5.97 Å². The largest absolute Gasteiger partial charge is 0.480 e. The maximum atomic E-state index is 10.6. The van der Waals surface area contributed by atoms with Gasteiger partial charge in [0.1, 0.15) is 6.04 Å². The summed E-state index contributed by atoms with van der Waals surface area (Å²) in [5.74, 6) is -0.280. The van der Waals surface area contributed by atoms with Crippen LogP contribution in [0.5, 0.6) is 0 Å². The molecule has 98 valence electrons. The van der Waals surface area contributed by atoms with Gasteiger partial charge in [-0.15, -0.1) is 0 Å². The van der Waals surface area contributed by atoms with Crippen molar-refractivity contribution in [3.63, 3.8) is 0 Å². The number of nitrogens with two attached hydrogens (primary N) is 1. The van der Waals surface area contributed by atoms with Crippen LogP contribution in [0.1, 0.15) is 24.8 Å². The Morgan fingerprint density at radius 3 is 2.50 bits per heavy atom.